The van der Waals surface area contributed by atoms with Crippen LogP contribution in [0.3, 0.4) is 0 Å². The van der Waals surface area contributed by atoms with Crippen LogP contribution in [0.15, 0.2) is 40.9 Å². The van der Waals surface area contributed by atoms with Gasteiger partial charge in [-0.2, -0.15) is 0 Å². The first-order valence-corrected chi connectivity index (χ1v) is 6.71. The number of rotatable bonds is 4. The van der Waals surface area contributed by atoms with Gasteiger partial charge >= 0.3 is 0 Å². The fourth-order valence-corrected chi connectivity index (χ4v) is 2.46. The van der Waals surface area contributed by atoms with Crippen molar-refractivity contribution in [2.24, 2.45) is 0 Å². The Balaban J connectivity index is 2.23. The van der Waals surface area contributed by atoms with Crippen molar-refractivity contribution in [3.8, 4) is 5.75 Å². The van der Waals surface area contributed by atoms with Crippen LogP contribution in [-0.2, 0) is 6.42 Å². The van der Waals surface area contributed by atoms with Crippen LogP contribution in [0.1, 0.15) is 15.9 Å². The van der Waals surface area contributed by atoms with E-state index in [0.29, 0.717) is 5.75 Å². The van der Waals surface area contributed by atoms with Crippen LogP contribution >= 0.6 is 15.9 Å². The summed E-state index contributed by atoms with van der Waals surface area (Å²) in [6.07, 6.45) is 0.149. The van der Waals surface area contributed by atoms with E-state index in [-0.39, 0.29) is 23.5 Å². The van der Waals surface area contributed by atoms with Crippen molar-refractivity contribution in [3.63, 3.8) is 0 Å². The lowest BCUT2D eigenvalue weighted by molar-refractivity contribution is 0.0993. The lowest BCUT2D eigenvalue weighted by Crippen LogP contribution is -2.07. The summed E-state index contributed by atoms with van der Waals surface area (Å²) >= 11 is 3.36. The van der Waals surface area contributed by atoms with Gasteiger partial charge in [-0.1, -0.05) is 6.07 Å². The lowest BCUT2D eigenvalue weighted by Gasteiger charge is -2.07. The van der Waals surface area contributed by atoms with Crippen LogP contribution in [0.4, 0.5) is 10.1 Å². The molecule has 0 saturated carbocycles. The van der Waals surface area contributed by atoms with E-state index in [9.17, 15) is 9.18 Å². The largest absolute Gasteiger partial charge is 0.496 e. The summed E-state index contributed by atoms with van der Waals surface area (Å²) in [6, 6.07) is 9.14. The number of ketones is 1. The molecule has 20 heavy (non-hydrogen) atoms. The number of hydrogen-bond acceptors (Lipinski definition) is 3. The molecule has 0 aliphatic heterocycles. The Bertz CT molecular complexity index is 658. The molecular formula is C15H13BrFNO2. The predicted octanol–water partition coefficient (Wildman–Crippen LogP) is 3.60. The number of benzene rings is 2. The molecule has 0 spiro atoms. The van der Waals surface area contributed by atoms with E-state index >= 15 is 0 Å². The molecular weight excluding hydrogens is 325 g/mol. The zero-order valence-corrected chi connectivity index (χ0v) is 12.4. The molecule has 0 aliphatic rings. The zero-order chi connectivity index (χ0) is 14.7. The first-order valence-electron chi connectivity index (χ1n) is 5.92. The second-order valence-electron chi connectivity index (χ2n) is 4.30. The normalized spacial score (nSPS) is 10.3. The molecule has 2 N–H and O–H groups in total. The molecule has 104 valence electrons. The van der Waals surface area contributed by atoms with Gasteiger partial charge in [-0.05, 0) is 51.8 Å². The molecule has 3 nitrogen and oxygen atoms in total. The molecule has 0 aliphatic carbocycles. The highest BCUT2D eigenvalue weighted by molar-refractivity contribution is 9.10. The highest BCUT2D eigenvalue weighted by Gasteiger charge is 2.12. The van der Waals surface area contributed by atoms with Gasteiger partial charge in [0.15, 0.2) is 5.78 Å². The van der Waals surface area contributed by atoms with E-state index in [0.717, 1.165) is 16.1 Å². The molecule has 0 amide bonds. The molecule has 0 unspecified atom stereocenters. The third-order valence-electron chi connectivity index (χ3n) is 2.90. The minimum absolute atomic E-state index is 0.149. The third kappa shape index (κ3) is 3.17. The van der Waals surface area contributed by atoms with Crippen molar-refractivity contribution in [3.05, 3.63) is 57.8 Å². The molecule has 2 rings (SSSR count). The molecule has 2 aromatic rings. The van der Waals surface area contributed by atoms with Crippen LogP contribution in [-0.4, -0.2) is 12.9 Å². The van der Waals surface area contributed by atoms with Crippen LogP contribution < -0.4 is 10.5 Å². The van der Waals surface area contributed by atoms with Gasteiger partial charge in [0.1, 0.15) is 11.6 Å². The Morgan fingerprint density at radius 1 is 1.30 bits per heavy atom. The van der Waals surface area contributed by atoms with E-state index in [2.05, 4.69) is 15.9 Å². The van der Waals surface area contributed by atoms with Crippen molar-refractivity contribution < 1.29 is 13.9 Å². The van der Waals surface area contributed by atoms with E-state index in [1.807, 2.05) is 0 Å². The first-order chi connectivity index (χ1) is 9.51. The number of carbonyl (C=O) groups excluding carboxylic acids is 1. The Kier molecular flexibility index (Phi) is 4.39. The number of anilines is 1. The number of hydrogen-bond donors (Lipinski definition) is 1. The summed E-state index contributed by atoms with van der Waals surface area (Å²) in [4.78, 5) is 12.2. The standard InChI is InChI=1S/C15H13BrFNO2/c1-20-15-5-2-9(6-12(15)16)7-14(19)11-8-10(17)3-4-13(11)18/h2-6,8H,7,18H2,1H3. The second-order valence-corrected chi connectivity index (χ2v) is 5.15. The highest BCUT2D eigenvalue weighted by atomic mass is 79.9. The number of nitrogen functional groups attached to an aromatic ring is 1. The summed E-state index contributed by atoms with van der Waals surface area (Å²) < 4.78 is 19.1. The van der Waals surface area contributed by atoms with Crippen molar-refractivity contribution in [2.75, 3.05) is 12.8 Å². The van der Waals surface area contributed by atoms with Crippen molar-refractivity contribution in [2.45, 2.75) is 6.42 Å². The molecule has 0 atom stereocenters. The molecule has 0 fully saturated rings. The molecule has 0 radical (unpaired) electrons. The average Bonchev–Trinajstić information content (AvgIpc) is 2.41. The number of ether oxygens (including phenoxy) is 1. The van der Waals surface area contributed by atoms with Gasteiger partial charge in [0.05, 0.1) is 11.6 Å². The molecule has 0 saturated heterocycles. The van der Waals surface area contributed by atoms with Gasteiger partial charge in [0.25, 0.3) is 0 Å². The van der Waals surface area contributed by atoms with E-state index in [1.54, 1.807) is 25.3 Å². The van der Waals surface area contributed by atoms with E-state index in [1.165, 1.54) is 12.1 Å². The van der Waals surface area contributed by atoms with Gasteiger partial charge < -0.3 is 10.5 Å². The number of methoxy groups -OCH3 is 1. The first kappa shape index (κ1) is 14.5. The Morgan fingerprint density at radius 3 is 2.70 bits per heavy atom. The van der Waals surface area contributed by atoms with Gasteiger partial charge in [-0.25, -0.2) is 4.39 Å². The fourth-order valence-electron chi connectivity index (χ4n) is 1.87. The monoisotopic (exact) mass is 337 g/mol. The Hall–Kier alpha value is -1.88. The molecule has 2 aromatic carbocycles. The number of Topliss-reactive ketones (excluding diaryl/α,β-unsaturated/α-hetero) is 1. The van der Waals surface area contributed by atoms with Crippen molar-refractivity contribution in [1.82, 2.24) is 0 Å². The maximum absolute atomic E-state index is 13.2. The van der Waals surface area contributed by atoms with E-state index < -0.39 is 5.82 Å². The summed E-state index contributed by atoms with van der Waals surface area (Å²) in [5, 5.41) is 0. The summed E-state index contributed by atoms with van der Waals surface area (Å²) in [5.41, 5.74) is 6.99. The van der Waals surface area contributed by atoms with Crippen LogP contribution in [0, 0.1) is 5.82 Å². The summed E-state index contributed by atoms with van der Waals surface area (Å²) in [6.45, 7) is 0. The topological polar surface area (TPSA) is 52.3 Å². The van der Waals surface area contributed by atoms with Gasteiger partial charge in [-0.3, -0.25) is 4.79 Å². The highest BCUT2D eigenvalue weighted by Crippen LogP contribution is 2.26. The number of carbonyl (C=O) groups is 1. The Morgan fingerprint density at radius 2 is 2.05 bits per heavy atom. The third-order valence-corrected chi connectivity index (χ3v) is 3.52. The van der Waals surface area contributed by atoms with Crippen molar-refractivity contribution >= 4 is 27.4 Å². The average molecular weight is 338 g/mol. The summed E-state index contributed by atoms with van der Waals surface area (Å²) in [7, 11) is 1.57. The molecule has 5 heteroatoms. The lowest BCUT2D eigenvalue weighted by atomic mass is 10.0. The van der Waals surface area contributed by atoms with Gasteiger partial charge in [-0.15, -0.1) is 0 Å². The second kappa shape index (κ2) is 6.05. The van der Waals surface area contributed by atoms with Crippen LogP contribution in [0.2, 0.25) is 0 Å². The quantitative estimate of drug-likeness (QED) is 0.685. The SMILES string of the molecule is COc1ccc(CC(=O)c2cc(F)ccc2N)cc1Br. The zero-order valence-electron chi connectivity index (χ0n) is 10.8. The summed E-state index contributed by atoms with van der Waals surface area (Å²) in [5.74, 6) is -0.0102. The number of halogens is 2. The van der Waals surface area contributed by atoms with Crippen LogP contribution in [0.25, 0.3) is 0 Å². The van der Waals surface area contributed by atoms with Gasteiger partial charge in [0.2, 0.25) is 0 Å². The predicted molar refractivity (Wildman–Crippen MR) is 79.5 cm³/mol. The minimum atomic E-state index is -0.474. The van der Waals surface area contributed by atoms with Crippen LogP contribution in [0.5, 0.6) is 5.75 Å². The molecule has 0 aromatic heterocycles. The van der Waals surface area contributed by atoms with Crippen molar-refractivity contribution in [1.29, 1.82) is 0 Å². The van der Waals surface area contributed by atoms with E-state index in [4.69, 9.17) is 10.5 Å². The minimum Gasteiger partial charge on any atom is -0.496 e. The maximum atomic E-state index is 13.2. The fraction of sp³-hybridized carbons (Fsp3) is 0.133. The van der Waals surface area contributed by atoms with Gasteiger partial charge in [0, 0.05) is 17.7 Å². The molecule has 0 heterocycles. The molecule has 0 bridgehead atoms. The number of nitrogens with two attached hydrogens (primary N) is 1. The maximum Gasteiger partial charge on any atom is 0.169 e. The Labute approximate surface area is 124 Å². The smallest absolute Gasteiger partial charge is 0.169 e.